The van der Waals surface area contributed by atoms with Gasteiger partial charge in [-0.25, -0.2) is 0 Å². The molecule has 1 N–H and O–H groups in total. The van der Waals surface area contributed by atoms with E-state index < -0.39 is 0 Å². The Morgan fingerprint density at radius 2 is 1.76 bits per heavy atom. The molecule has 0 saturated carbocycles. The first-order valence-electron chi connectivity index (χ1n) is 6.72. The van der Waals surface area contributed by atoms with Crippen molar-refractivity contribution in [2.75, 3.05) is 20.8 Å². The highest BCUT2D eigenvalue weighted by Crippen LogP contribution is 2.40. The van der Waals surface area contributed by atoms with Crippen molar-refractivity contribution in [3.05, 3.63) is 42.2 Å². The third kappa shape index (κ3) is 3.64. The van der Waals surface area contributed by atoms with Gasteiger partial charge in [0.05, 0.1) is 20.4 Å². The fourth-order valence-electron chi connectivity index (χ4n) is 2.00. The molecule has 0 aliphatic carbocycles. The van der Waals surface area contributed by atoms with Crippen molar-refractivity contribution in [3.8, 4) is 23.0 Å². The van der Waals surface area contributed by atoms with Gasteiger partial charge < -0.3 is 19.3 Å². The molecule has 1 aromatic carbocycles. The Morgan fingerprint density at radius 1 is 1.05 bits per heavy atom. The van der Waals surface area contributed by atoms with Crippen molar-refractivity contribution in [2.24, 2.45) is 0 Å². The van der Waals surface area contributed by atoms with E-state index in [2.05, 4.69) is 4.98 Å². The Kier molecular flexibility index (Phi) is 5.40. The predicted molar refractivity (Wildman–Crippen MR) is 79.3 cm³/mol. The van der Waals surface area contributed by atoms with Crippen LogP contribution in [0.25, 0.3) is 0 Å². The van der Waals surface area contributed by atoms with Gasteiger partial charge in [0.1, 0.15) is 5.75 Å². The average Bonchev–Trinajstić information content (AvgIpc) is 2.54. The van der Waals surface area contributed by atoms with Gasteiger partial charge in [0.25, 0.3) is 0 Å². The lowest BCUT2D eigenvalue weighted by Crippen LogP contribution is -1.98. The summed E-state index contributed by atoms with van der Waals surface area (Å²) < 4.78 is 16.6. The second kappa shape index (κ2) is 7.50. The molecule has 112 valence electrons. The Labute approximate surface area is 124 Å². The number of aliphatic hydroxyl groups is 1. The number of nitrogens with zero attached hydrogens (tertiary/aromatic N) is 1. The normalized spacial score (nSPS) is 10.2. The summed E-state index contributed by atoms with van der Waals surface area (Å²) in [6.45, 7) is 0.139. The van der Waals surface area contributed by atoms with Crippen LogP contribution in [0, 0.1) is 0 Å². The number of para-hydroxylation sites is 1. The molecule has 1 heterocycles. The molecule has 21 heavy (non-hydrogen) atoms. The molecule has 0 radical (unpaired) electrons. The summed E-state index contributed by atoms with van der Waals surface area (Å²) in [7, 11) is 3.16. The van der Waals surface area contributed by atoms with E-state index in [0.29, 0.717) is 35.8 Å². The number of hydrogen-bond donors (Lipinski definition) is 1. The van der Waals surface area contributed by atoms with E-state index in [-0.39, 0.29) is 6.61 Å². The van der Waals surface area contributed by atoms with Crippen LogP contribution in [-0.4, -0.2) is 30.9 Å². The van der Waals surface area contributed by atoms with Gasteiger partial charge in [-0.1, -0.05) is 6.07 Å². The summed E-state index contributed by atoms with van der Waals surface area (Å²) >= 11 is 0. The van der Waals surface area contributed by atoms with Gasteiger partial charge >= 0.3 is 0 Å². The molecule has 5 heteroatoms. The number of aryl methyl sites for hydroxylation is 1. The van der Waals surface area contributed by atoms with E-state index in [0.717, 1.165) is 5.56 Å². The van der Waals surface area contributed by atoms with Gasteiger partial charge in [0.15, 0.2) is 11.5 Å². The fourth-order valence-corrected chi connectivity index (χ4v) is 2.00. The van der Waals surface area contributed by atoms with Crippen LogP contribution in [0.1, 0.15) is 12.0 Å². The monoisotopic (exact) mass is 289 g/mol. The molecule has 2 aromatic rings. The number of methoxy groups -OCH3 is 2. The maximum atomic E-state index is 8.98. The summed E-state index contributed by atoms with van der Waals surface area (Å²) in [6, 6.07) is 7.33. The summed E-state index contributed by atoms with van der Waals surface area (Å²) in [5.74, 6) is 2.33. The van der Waals surface area contributed by atoms with Crippen LogP contribution >= 0.6 is 0 Å². The van der Waals surface area contributed by atoms with Crippen LogP contribution in [0.3, 0.4) is 0 Å². The molecule has 1 aromatic heterocycles. The zero-order valence-electron chi connectivity index (χ0n) is 12.2. The topological polar surface area (TPSA) is 60.8 Å². The quantitative estimate of drug-likeness (QED) is 0.849. The maximum Gasteiger partial charge on any atom is 0.211 e. The van der Waals surface area contributed by atoms with E-state index in [4.69, 9.17) is 19.3 Å². The van der Waals surface area contributed by atoms with E-state index in [1.54, 1.807) is 26.6 Å². The smallest absolute Gasteiger partial charge is 0.211 e. The second-order valence-corrected chi connectivity index (χ2v) is 4.40. The lowest BCUT2D eigenvalue weighted by Gasteiger charge is -2.15. The number of aromatic nitrogens is 1. The number of pyridine rings is 1. The first kappa shape index (κ1) is 15.1. The van der Waals surface area contributed by atoms with Crippen molar-refractivity contribution in [1.29, 1.82) is 0 Å². The first-order chi connectivity index (χ1) is 10.3. The molecule has 0 unspecified atom stereocenters. The number of rotatable bonds is 7. The van der Waals surface area contributed by atoms with Gasteiger partial charge in [-0.05, 0) is 36.6 Å². The molecule has 0 bridgehead atoms. The van der Waals surface area contributed by atoms with Gasteiger partial charge in [-0.15, -0.1) is 0 Å². The molecule has 0 fully saturated rings. The zero-order chi connectivity index (χ0) is 15.1. The van der Waals surface area contributed by atoms with Crippen molar-refractivity contribution >= 4 is 0 Å². The number of hydrogen-bond acceptors (Lipinski definition) is 5. The van der Waals surface area contributed by atoms with Crippen LogP contribution in [-0.2, 0) is 6.42 Å². The van der Waals surface area contributed by atoms with Crippen molar-refractivity contribution in [1.82, 2.24) is 4.98 Å². The van der Waals surface area contributed by atoms with Crippen molar-refractivity contribution < 1.29 is 19.3 Å². The van der Waals surface area contributed by atoms with Crippen LogP contribution in [0.15, 0.2) is 36.7 Å². The van der Waals surface area contributed by atoms with Crippen molar-refractivity contribution in [2.45, 2.75) is 12.8 Å². The molecule has 0 aliphatic heterocycles. The highest BCUT2D eigenvalue weighted by atomic mass is 16.5. The molecular weight excluding hydrogens is 270 g/mol. The van der Waals surface area contributed by atoms with Gasteiger partial charge in [0.2, 0.25) is 5.75 Å². The second-order valence-electron chi connectivity index (χ2n) is 4.40. The molecule has 5 nitrogen and oxygen atoms in total. The molecule has 2 rings (SSSR count). The van der Waals surface area contributed by atoms with Gasteiger partial charge in [-0.3, -0.25) is 4.98 Å². The molecule has 0 atom stereocenters. The standard InChI is InChI=1S/C16H19NO4/c1-19-13-6-3-7-14(20-2)16(13)21-15-11-17-9-8-12(15)5-4-10-18/h3,6-9,11,18H,4-5,10H2,1-2H3. The van der Waals surface area contributed by atoms with Gasteiger partial charge in [0, 0.05) is 12.8 Å². The summed E-state index contributed by atoms with van der Waals surface area (Å²) in [4.78, 5) is 4.09. The summed E-state index contributed by atoms with van der Waals surface area (Å²) in [6.07, 6.45) is 4.74. The third-order valence-corrected chi connectivity index (χ3v) is 3.07. The van der Waals surface area contributed by atoms with Crippen molar-refractivity contribution in [3.63, 3.8) is 0 Å². The number of aliphatic hydroxyl groups excluding tert-OH is 1. The largest absolute Gasteiger partial charge is 0.493 e. The Balaban J connectivity index is 2.34. The number of ether oxygens (including phenoxy) is 3. The van der Waals surface area contributed by atoms with Gasteiger partial charge in [-0.2, -0.15) is 0 Å². The predicted octanol–water partition coefficient (Wildman–Crippen LogP) is 2.82. The van der Waals surface area contributed by atoms with Crippen LogP contribution in [0.4, 0.5) is 0 Å². The summed E-state index contributed by atoms with van der Waals surface area (Å²) in [5, 5.41) is 8.98. The summed E-state index contributed by atoms with van der Waals surface area (Å²) in [5.41, 5.74) is 0.979. The highest BCUT2D eigenvalue weighted by molar-refractivity contribution is 5.53. The minimum atomic E-state index is 0.139. The van der Waals surface area contributed by atoms with E-state index in [1.807, 2.05) is 24.3 Å². The van der Waals surface area contributed by atoms with Crippen LogP contribution < -0.4 is 14.2 Å². The van der Waals surface area contributed by atoms with E-state index in [9.17, 15) is 0 Å². The molecule has 0 aliphatic rings. The van der Waals surface area contributed by atoms with E-state index >= 15 is 0 Å². The number of benzene rings is 1. The first-order valence-corrected chi connectivity index (χ1v) is 6.72. The third-order valence-electron chi connectivity index (χ3n) is 3.07. The molecule has 0 spiro atoms. The molecule has 0 amide bonds. The average molecular weight is 289 g/mol. The highest BCUT2D eigenvalue weighted by Gasteiger charge is 2.14. The Hall–Kier alpha value is -2.27. The minimum absolute atomic E-state index is 0.139. The lowest BCUT2D eigenvalue weighted by atomic mass is 10.1. The molecular formula is C16H19NO4. The lowest BCUT2D eigenvalue weighted by molar-refractivity contribution is 0.287. The molecule has 0 saturated heterocycles. The Bertz CT molecular complexity index is 564. The Morgan fingerprint density at radius 3 is 2.38 bits per heavy atom. The van der Waals surface area contributed by atoms with Crippen LogP contribution in [0.5, 0.6) is 23.0 Å². The van der Waals surface area contributed by atoms with E-state index in [1.165, 1.54) is 0 Å². The maximum absolute atomic E-state index is 8.98. The fraction of sp³-hybridized carbons (Fsp3) is 0.312. The zero-order valence-corrected chi connectivity index (χ0v) is 12.2. The SMILES string of the molecule is COc1cccc(OC)c1Oc1cnccc1CCCO. The minimum Gasteiger partial charge on any atom is -0.493 e. The van der Waals surface area contributed by atoms with Crippen LogP contribution in [0.2, 0.25) is 0 Å².